The summed E-state index contributed by atoms with van der Waals surface area (Å²) in [6.45, 7) is 7.24. The van der Waals surface area contributed by atoms with E-state index in [1.807, 2.05) is 0 Å². The highest BCUT2D eigenvalue weighted by Gasteiger charge is 2.03. The van der Waals surface area contributed by atoms with Crippen LogP contribution in [-0.4, -0.2) is 9.97 Å². The van der Waals surface area contributed by atoms with Gasteiger partial charge in [0.2, 0.25) is 0 Å². The Morgan fingerprint density at radius 2 is 1.59 bits per heavy atom. The predicted molar refractivity (Wildman–Crippen MR) is 70.0 cm³/mol. The summed E-state index contributed by atoms with van der Waals surface area (Å²) < 4.78 is 0. The third-order valence-corrected chi connectivity index (χ3v) is 2.87. The normalized spacial score (nSPS) is 10.3. The van der Waals surface area contributed by atoms with Crippen LogP contribution >= 0.6 is 0 Å². The number of hydrogen-bond acceptors (Lipinski definition) is 3. The summed E-state index contributed by atoms with van der Waals surface area (Å²) in [6.07, 6.45) is 5.10. The fourth-order valence-corrected chi connectivity index (χ4v) is 2.07. The van der Waals surface area contributed by atoms with E-state index in [0.717, 1.165) is 12.2 Å². The first kappa shape index (κ1) is 11.6. The molecule has 0 amide bonds. The van der Waals surface area contributed by atoms with Gasteiger partial charge in [0.05, 0.1) is 18.1 Å². The molecule has 1 aromatic carbocycles. The molecule has 0 fully saturated rings. The number of aryl methyl sites for hydroxylation is 3. The van der Waals surface area contributed by atoms with Crippen molar-refractivity contribution >= 4 is 5.69 Å². The van der Waals surface area contributed by atoms with Crippen LogP contribution in [0.5, 0.6) is 0 Å². The molecular weight excluding hydrogens is 210 g/mol. The fourth-order valence-electron chi connectivity index (χ4n) is 2.07. The van der Waals surface area contributed by atoms with Crippen molar-refractivity contribution in [2.24, 2.45) is 0 Å². The van der Waals surface area contributed by atoms with Crippen molar-refractivity contribution in [3.05, 3.63) is 53.1 Å². The molecule has 88 valence electrons. The van der Waals surface area contributed by atoms with Crippen LogP contribution < -0.4 is 5.32 Å². The average molecular weight is 227 g/mol. The average Bonchev–Trinajstić information content (AvgIpc) is 2.29. The number of aromatic nitrogens is 2. The molecule has 0 radical (unpaired) electrons. The quantitative estimate of drug-likeness (QED) is 0.875. The van der Waals surface area contributed by atoms with Gasteiger partial charge in [-0.3, -0.25) is 0 Å². The molecular formula is C14H17N3. The first-order chi connectivity index (χ1) is 8.16. The highest BCUT2D eigenvalue weighted by atomic mass is 14.9. The molecule has 0 aliphatic carbocycles. The van der Waals surface area contributed by atoms with Gasteiger partial charge >= 0.3 is 0 Å². The topological polar surface area (TPSA) is 37.8 Å². The summed E-state index contributed by atoms with van der Waals surface area (Å²) in [5.41, 5.74) is 6.26. The molecule has 1 aromatic heterocycles. The molecule has 0 atom stereocenters. The van der Waals surface area contributed by atoms with E-state index in [2.05, 4.69) is 48.2 Å². The first-order valence-corrected chi connectivity index (χ1v) is 5.72. The van der Waals surface area contributed by atoms with E-state index in [1.54, 1.807) is 12.4 Å². The molecule has 3 nitrogen and oxygen atoms in total. The lowest BCUT2D eigenvalue weighted by Gasteiger charge is -2.12. The monoisotopic (exact) mass is 227 g/mol. The van der Waals surface area contributed by atoms with Crippen molar-refractivity contribution in [3.63, 3.8) is 0 Å². The Balaban J connectivity index is 2.15. The van der Waals surface area contributed by atoms with Crippen LogP contribution in [0.1, 0.15) is 22.3 Å². The Kier molecular flexibility index (Phi) is 3.38. The van der Waals surface area contributed by atoms with Gasteiger partial charge in [-0.1, -0.05) is 17.7 Å². The third-order valence-electron chi connectivity index (χ3n) is 2.87. The second-order valence-corrected chi connectivity index (χ2v) is 4.36. The van der Waals surface area contributed by atoms with E-state index in [0.29, 0.717) is 0 Å². The Morgan fingerprint density at radius 1 is 1.00 bits per heavy atom. The zero-order valence-corrected chi connectivity index (χ0v) is 10.5. The Labute approximate surface area is 102 Å². The lowest BCUT2D eigenvalue weighted by molar-refractivity contribution is 1.06. The van der Waals surface area contributed by atoms with E-state index < -0.39 is 0 Å². The molecule has 0 unspecified atom stereocenters. The molecule has 0 spiro atoms. The number of hydrogen-bond donors (Lipinski definition) is 1. The summed E-state index contributed by atoms with van der Waals surface area (Å²) in [5.74, 6) is 0. The molecule has 1 heterocycles. The van der Waals surface area contributed by atoms with Crippen LogP contribution in [0.15, 0.2) is 30.9 Å². The SMILES string of the molecule is Cc1cc(C)c(CNc2cncnc2)c(C)c1. The van der Waals surface area contributed by atoms with Gasteiger partial charge in [0.1, 0.15) is 6.33 Å². The van der Waals surface area contributed by atoms with Crippen molar-refractivity contribution in [1.82, 2.24) is 9.97 Å². The Bertz CT molecular complexity index is 483. The number of nitrogens with zero attached hydrogens (tertiary/aromatic N) is 2. The number of benzene rings is 1. The smallest absolute Gasteiger partial charge is 0.115 e. The number of rotatable bonds is 3. The van der Waals surface area contributed by atoms with E-state index in [9.17, 15) is 0 Å². The molecule has 0 aliphatic heterocycles. The molecule has 0 bridgehead atoms. The van der Waals surface area contributed by atoms with E-state index in [4.69, 9.17) is 0 Å². The molecule has 3 heteroatoms. The zero-order chi connectivity index (χ0) is 12.3. The molecule has 1 N–H and O–H groups in total. The van der Waals surface area contributed by atoms with Gasteiger partial charge in [0.15, 0.2) is 0 Å². The number of nitrogens with one attached hydrogen (secondary N) is 1. The highest BCUT2D eigenvalue weighted by molar-refractivity contribution is 5.43. The minimum absolute atomic E-state index is 0.811. The summed E-state index contributed by atoms with van der Waals surface area (Å²) >= 11 is 0. The Hall–Kier alpha value is -1.90. The molecule has 2 aromatic rings. The van der Waals surface area contributed by atoms with Crippen molar-refractivity contribution in [2.45, 2.75) is 27.3 Å². The zero-order valence-electron chi connectivity index (χ0n) is 10.5. The largest absolute Gasteiger partial charge is 0.378 e. The van der Waals surface area contributed by atoms with Crippen LogP contribution in [-0.2, 0) is 6.54 Å². The summed E-state index contributed by atoms with van der Waals surface area (Å²) in [7, 11) is 0. The maximum atomic E-state index is 3.98. The summed E-state index contributed by atoms with van der Waals surface area (Å²) in [6, 6.07) is 4.43. The second-order valence-electron chi connectivity index (χ2n) is 4.36. The van der Waals surface area contributed by atoms with Crippen LogP contribution in [0.3, 0.4) is 0 Å². The first-order valence-electron chi connectivity index (χ1n) is 5.72. The molecule has 0 aliphatic rings. The minimum atomic E-state index is 0.811. The minimum Gasteiger partial charge on any atom is -0.378 e. The van der Waals surface area contributed by atoms with Crippen LogP contribution in [0.25, 0.3) is 0 Å². The van der Waals surface area contributed by atoms with Crippen molar-refractivity contribution in [2.75, 3.05) is 5.32 Å². The van der Waals surface area contributed by atoms with Gasteiger partial charge in [-0.15, -0.1) is 0 Å². The second kappa shape index (κ2) is 4.95. The standard InChI is InChI=1S/C14H17N3/c1-10-4-11(2)14(12(3)5-10)8-17-13-6-15-9-16-7-13/h4-7,9,17H,8H2,1-3H3. The van der Waals surface area contributed by atoms with E-state index in [-0.39, 0.29) is 0 Å². The third kappa shape index (κ3) is 2.81. The van der Waals surface area contributed by atoms with Crippen molar-refractivity contribution in [3.8, 4) is 0 Å². The maximum absolute atomic E-state index is 3.98. The van der Waals surface area contributed by atoms with Crippen LogP contribution in [0.4, 0.5) is 5.69 Å². The van der Waals surface area contributed by atoms with Crippen molar-refractivity contribution < 1.29 is 0 Å². The predicted octanol–water partition coefficient (Wildman–Crippen LogP) is 3.01. The molecule has 0 saturated heterocycles. The van der Waals surface area contributed by atoms with Gasteiger partial charge < -0.3 is 5.32 Å². The van der Waals surface area contributed by atoms with Crippen LogP contribution in [0.2, 0.25) is 0 Å². The van der Waals surface area contributed by atoms with E-state index in [1.165, 1.54) is 28.6 Å². The van der Waals surface area contributed by atoms with Crippen molar-refractivity contribution in [1.29, 1.82) is 0 Å². The maximum Gasteiger partial charge on any atom is 0.115 e. The Morgan fingerprint density at radius 3 is 2.18 bits per heavy atom. The molecule has 17 heavy (non-hydrogen) atoms. The number of anilines is 1. The molecule has 2 rings (SSSR count). The molecule has 0 saturated carbocycles. The van der Waals surface area contributed by atoms with Gasteiger partial charge in [0, 0.05) is 6.54 Å². The van der Waals surface area contributed by atoms with E-state index >= 15 is 0 Å². The lowest BCUT2D eigenvalue weighted by Crippen LogP contribution is -2.04. The summed E-state index contributed by atoms with van der Waals surface area (Å²) in [5, 5.41) is 3.34. The fraction of sp³-hybridized carbons (Fsp3) is 0.286. The summed E-state index contributed by atoms with van der Waals surface area (Å²) in [4.78, 5) is 7.96. The highest BCUT2D eigenvalue weighted by Crippen LogP contribution is 2.17. The van der Waals surface area contributed by atoms with Gasteiger partial charge in [-0.2, -0.15) is 0 Å². The van der Waals surface area contributed by atoms with Crippen LogP contribution in [0, 0.1) is 20.8 Å². The van der Waals surface area contributed by atoms with Gasteiger partial charge in [-0.05, 0) is 37.5 Å². The van der Waals surface area contributed by atoms with Gasteiger partial charge in [0.25, 0.3) is 0 Å². The lowest BCUT2D eigenvalue weighted by atomic mass is 10.00. The van der Waals surface area contributed by atoms with Gasteiger partial charge in [-0.25, -0.2) is 9.97 Å².